The third-order valence-electron chi connectivity index (χ3n) is 15.8. The van der Waals surface area contributed by atoms with E-state index in [0.29, 0.717) is 58.4 Å². The predicted octanol–water partition coefficient (Wildman–Crippen LogP) is 15.9. The topological polar surface area (TPSA) is 394 Å². The SMILES string of the molecule is CC(C)C[C@H]1O[C@@H](C)[C@H](O)[C@@H]1OP([O-])(=S)OCCCO.CC(C)OP(=O)([S-])OCc1ccc(-c2ccc(CO)cc2)cc1.CC(C)OP([O-])(=S)OCCCCCCCCCCCCO.CC(C)OP([O-])(=S)OCCCCCCCCCCO.CC(C)OP([O-])(=S)OCCCCCCCCO.CC(C)OP([O-])(=S)OCCCCCCO. The van der Waals surface area contributed by atoms with Crippen molar-refractivity contribution in [1.82, 2.24) is 0 Å². The molecule has 0 radical (unpaired) electrons. The molecule has 6 unspecified atom stereocenters. The molecular formula is C77H148O26P6S6-6. The lowest BCUT2D eigenvalue weighted by Crippen LogP contribution is -2.36. The van der Waals surface area contributed by atoms with E-state index < -0.39 is 58.7 Å². The maximum absolute atomic E-state index is 12.1. The molecule has 1 heterocycles. The van der Waals surface area contributed by atoms with Crippen LogP contribution in [0.5, 0.6) is 0 Å². The second-order valence-electron chi connectivity index (χ2n) is 29.4. The molecule has 1 fully saturated rings. The molecule has 684 valence electrons. The highest BCUT2D eigenvalue weighted by atomic mass is 32.7. The average Bonchev–Trinajstić information content (AvgIpc) is 1.68. The lowest BCUT2D eigenvalue weighted by atomic mass is 10.00. The van der Waals surface area contributed by atoms with Gasteiger partial charge in [-0.15, -0.1) is 0 Å². The fourth-order valence-corrected chi connectivity index (χ4v) is 20.1. The Morgan fingerprint density at radius 2 is 0.626 bits per heavy atom. The van der Waals surface area contributed by atoms with Crippen molar-refractivity contribution < 1.29 is 124 Å². The van der Waals surface area contributed by atoms with Crippen LogP contribution in [0.3, 0.4) is 0 Å². The number of unbranched alkanes of at least 4 members (excludes halogenated alkanes) is 24. The van der Waals surface area contributed by atoms with Crippen molar-refractivity contribution in [2.75, 3.05) is 66.1 Å². The molecule has 10 atom stereocenters. The van der Waals surface area contributed by atoms with Crippen molar-refractivity contribution >= 4 is 112 Å². The summed E-state index contributed by atoms with van der Waals surface area (Å²) in [6.45, 7) is 6.31. The molecule has 1 aliphatic rings. The minimum atomic E-state index is -3.68. The van der Waals surface area contributed by atoms with Crippen molar-refractivity contribution in [3.8, 4) is 11.1 Å². The molecule has 0 amide bonds. The summed E-state index contributed by atoms with van der Waals surface area (Å²) < 4.78 is 78.6. The Morgan fingerprint density at radius 1 is 0.374 bits per heavy atom. The molecule has 115 heavy (non-hydrogen) atoms. The molecule has 2 aromatic carbocycles. The summed E-state index contributed by atoms with van der Waals surface area (Å²) in [7, 11) is 0. The van der Waals surface area contributed by atoms with E-state index in [1.54, 1.807) is 76.2 Å². The first-order valence-electron chi connectivity index (χ1n) is 41.1. The minimum absolute atomic E-state index is 0.0378. The van der Waals surface area contributed by atoms with Crippen molar-refractivity contribution in [1.29, 1.82) is 0 Å². The number of ether oxygens (including phenoxy) is 1. The molecule has 2 aromatic rings. The Morgan fingerprint density at radius 3 is 0.887 bits per heavy atom. The summed E-state index contributed by atoms with van der Waals surface area (Å²) in [6.07, 6.45) is 27.6. The van der Waals surface area contributed by atoms with E-state index in [4.69, 9.17) is 161 Å². The standard InChI is InChI=1S/C17H21O4PS.C15H33O4PS.C13H29O4PS.C12H25O6PS.C11H25O4PS.C9H21O4PS/c1-13(2)21-22(19,23)20-12-15-5-9-17(10-6-15)16-7-3-14(11-18)4-8-16;1-15(2)19-20(17,21)18-14-12-10-8-6-4-3-5-7-9-11-13-16;1-13(2)17-18(15,19)16-12-10-8-6-4-3-5-7-9-11-14;1-8(2)7-10-12(11(14)9(3)17-10)18-19(15,20)16-6-4-5-13;1-11(2)15-16(13,17)14-10-8-6-4-3-5-7-9-12;1-9(2)13-14(11,15)12-8-6-4-3-5-7-10/h3-10,13,18H,11-12H2,1-2H3,(H,19,23);15-16H,3-14H2,1-2H3,(H,17,21);13-14H,3-12H2,1-2H3,(H,15,19);8-14H,4-7H2,1-3H3,(H,15,20);11-12H,3-10H2,1-2H3,(H,13,17);9-10H,3-8H2,1-2H3,(H,11,15)/p-6/t;;;9-,10+,11-,12+,19?;;/m...0../s1. The normalized spacial score (nSPS) is 18.0. The Labute approximate surface area is 724 Å². The summed E-state index contributed by atoms with van der Waals surface area (Å²) in [6, 6.07) is 15.4. The van der Waals surface area contributed by atoms with Crippen LogP contribution < -0.4 is 24.5 Å². The highest BCUT2D eigenvalue weighted by Crippen LogP contribution is 2.48. The van der Waals surface area contributed by atoms with Crippen molar-refractivity contribution in [2.24, 2.45) is 5.92 Å². The molecule has 1 saturated heterocycles. The molecule has 7 N–H and O–H groups in total. The fourth-order valence-electron chi connectivity index (χ4n) is 10.4. The second-order valence-corrected chi connectivity index (χ2v) is 45.6. The Hall–Kier alpha value is 1.27. The van der Waals surface area contributed by atoms with Gasteiger partial charge in [0, 0.05) is 33.0 Å². The third kappa shape index (κ3) is 78.5. The number of rotatable bonds is 63. The second kappa shape index (κ2) is 74.4. The summed E-state index contributed by atoms with van der Waals surface area (Å²) in [4.78, 5) is 58.3. The average molecular weight is 1870 g/mol. The monoisotopic (exact) mass is 1870 g/mol. The Bertz CT molecular complexity index is 2880. The van der Waals surface area contributed by atoms with Crippen LogP contribution in [0.25, 0.3) is 11.1 Å². The molecule has 0 saturated carbocycles. The van der Waals surface area contributed by atoms with Gasteiger partial charge in [-0.3, -0.25) is 4.57 Å². The number of hydrogen-bond acceptors (Lipinski definition) is 32. The van der Waals surface area contributed by atoms with E-state index in [2.05, 4.69) is 0 Å². The van der Waals surface area contributed by atoms with E-state index >= 15 is 0 Å². The molecule has 0 bridgehead atoms. The summed E-state index contributed by atoms with van der Waals surface area (Å²) in [5.74, 6) is 0.350. The molecule has 0 aliphatic carbocycles. The van der Waals surface area contributed by atoms with Gasteiger partial charge >= 0.3 is 0 Å². The van der Waals surface area contributed by atoms with E-state index in [1.807, 2.05) is 62.4 Å². The maximum Gasteiger partial charge on any atom is 0.200 e. The van der Waals surface area contributed by atoms with Crippen LogP contribution in [0.1, 0.15) is 294 Å². The quantitative estimate of drug-likeness (QED) is 0.0184. The smallest absolute Gasteiger partial charge is 0.200 e. The van der Waals surface area contributed by atoms with Gasteiger partial charge in [0.15, 0.2) is 6.80 Å². The van der Waals surface area contributed by atoms with E-state index in [-0.39, 0.29) is 76.3 Å². The highest BCUT2D eigenvalue weighted by Gasteiger charge is 2.43. The third-order valence-corrected chi connectivity index (χ3v) is 26.1. The largest absolute Gasteiger partial charge is 0.780 e. The number of benzene rings is 2. The zero-order valence-electron chi connectivity index (χ0n) is 71.1. The van der Waals surface area contributed by atoms with Gasteiger partial charge in [-0.2, -0.15) is 0 Å². The fraction of sp³-hybridized carbons (Fsp3) is 0.844. The van der Waals surface area contributed by atoms with Crippen LogP contribution in [-0.2, 0) is 148 Å². The van der Waals surface area contributed by atoms with Gasteiger partial charge in [0.2, 0.25) is 0 Å². The van der Waals surface area contributed by atoms with Gasteiger partial charge in [-0.1, -0.05) is 250 Å². The summed E-state index contributed by atoms with van der Waals surface area (Å²) >= 11 is 28.6. The van der Waals surface area contributed by atoms with Crippen LogP contribution in [0.4, 0.5) is 0 Å². The summed E-state index contributed by atoms with van der Waals surface area (Å²) in [5, 5.41) is 62.2. The van der Waals surface area contributed by atoms with Crippen molar-refractivity contribution in [2.45, 2.75) is 351 Å². The summed E-state index contributed by atoms with van der Waals surface area (Å²) in [5.41, 5.74) is 3.87. The highest BCUT2D eigenvalue weighted by molar-refractivity contribution is 8.32. The van der Waals surface area contributed by atoms with Gasteiger partial charge in [0.25, 0.3) is 0 Å². The lowest BCUT2D eigenvalue weighted by molar-refractivity contribution is -0.215. The molecule has 26 nitrogen and oxygen atoms in total. The maximum atomic E-state index is 12.1. The zero-order valence-corrected chi connectivity index (χ0v) is 81.4. The number of aliphatic hydroxyl groups is 7. The van der Waals surface area contributed by atoms with Crippen LogP contribution in [0.15, 0.2) is 48.5 Å². The van der Waals surface area contributed by atoms with Gasteiger partial charge in [-0.25, -0.2) is 0 Å². The van der Waals surface area contributed by atoms with E-state index in [9.17, 15) is 34.1 Å². The molecular weight excluding hydrogens is 1720 g/mol. The first-order valence-corrected chi connectivity index (χ1v) is 56.4. The first-order chi connectivity index (χ1) is 54.1. The first kappa shape index (κ1) is 120. The van der Waals surface area contributed by atoms with Gasteiger partial charge in [-0.05, 0) is 169 Å². The van der Waals surface area contributed by atoms with Crippen LogP contribution in [0, 0.1) is 5.92 Å². The van der Waals surface area contributed by atoms with Crippen LogP contribution in [0.2, 0.25) is 0 Å². The van der Waals surface area contributed by atoms with Crippen LogP contribution in [-0.4, -0.2) is 157 Å². The van der Waals surface area contributed by atoms with Crippen molar-refractivity contribution in [3.05, 3.63) is 59.7 Å². The molecule has 38 heteroatoms. The Balaban J connectivity index is -0.00000132. The molecule has 3 rings (SSSR count). The van der Waals surface area contributed by atoms with Gasteiger partial charge < -0.3 is 131 Å². The number of hydrogen-bond donors (Lipinski definition) is 7. The minimum Gasteiger partial charge on any atom is -0.780 e. The van der Waals surface area contributed by atoms with Crippen molar-refractivity contribution in [3.63, 3.8) is 0 Å². The van der Waals surface area contributed by atoms with E-state index in [1.165, 1.54) is 57.8 Å². The van der Waals surface area contributed by atoms with E-state index in [0.717, 1.165) is 144 Å². The molecule has 0 aromatic heterocycles. The lowest BCUT2D eigenvalue weighted by Gasteiger charge is -2.33. The van der Waals surface area contributed by atoms with Crippen LogP contribution >= 0.6 is 40.4 Å². The van der Waals surface area contributed by atoms with Gasteiger partial charge in [0.1, 0.15) is 45.8 Å². The molecule has 0 spiro atoms. The Kier molecular flexibility index (Phi) is 77.9. The zero-order chi connectivity index (χ0) is 87.6. The predicted molar refractivity (Wildman–Crippen MR) is 474 cm³/mol. The number of aliphatic hydroxyl groups excluding tert-OH is 7. The molecule has 1 aliphatic heterocycles. The van der Waals surface area contributed by atoms with Gasteiger partial charge in [0.05, 0.1) is 89.0 Å².